The summed E-state index contributed by atoms with van der Waals surface area (Å²) in [5, 5.41) is 0. The molecule has 0 aromatic heterocycles. The van der Waals surface area contributed by atoms with E-state index in [0.717, 1.165) is 39.1 Å². The summed E-state index contributed by atoms with van der Waals surface area (Å²) in [6.45, 7) is 7.45. The van der Waals surface area contributed by atoms with Crippen molar-refractivity contribution in [1.29, 1.82) is 0 Å². The lowest BCUT2D eigenvalue weighted by Gasteiger charge is -2.25. The van der Waals surface area contributed by atoms with Gasteiger partial charge in [0.15, 0.2) is 0 Å². The number of hydrogen-bond donors (Lipinski definition) is 2. The van der Waals surface area contributed by atoms with Crippen LogP contribution in [0.2, 0.25) is 0 Å². The molecule has 16 heavy (non-hydrogen) atoms. The number of nitrogens with one attached hydrogen (secondary N) is 1. The lowest BCUT2D eigenvalue weighted by atomic mass is 10.1. The van der Waals surface area contributed by atoms with Gasteiger partial charge >= 0.3 is 0 Å². The lowest BCUT2D eigenvalue weighted by molar-refractivity contribution is -0.125. The highest BCUT2D eigenvalue weighted by molar-refractivity contribution is 5.77. The second kappa shape index (κ2) is 6.83. The second-order valence-electron chi connectivity index (χ2n) is 4.40. The molecule has 94 valence electrons. The molecule has 0 spiro atoms. The minimum Gasteiger partial charge on any atom is -0.377 e. The Kier molecular flexibility index (Phi) is 5.73. The summed E-state index contributed by atoms with van der Waals surface area (Å²) in [4.78, 5) is 13.6. The van der Waals surface area contributed by atoms with Gasteiger partial charge in [-0.1, -0.05) is 13.8 Å². The monoisotopic (exact) mass is 229 g/mol. The normalized spacial score (nSPS) is 22.4. The van der Waals surface area contributed by atoms with E-state index in [-0.39, 0.29) is 11.8 Å². The van der Waals surface area contributed by atoms with Crippen molar-refractivity contribution in [3.63, 3.8) is 0 Å². The van der Waals surface area contributed by atoms with E-state index >= 15 is 0 Å². The summed E-state index contributed by atoms with van der Waals surface area (Å²) < 4.78 is 5.59. The Morgan fingerprint density at radius 1 is 1.69 bits per heavy atom. The summed E-state index contributed by atoms with van der Waals surface area (Å²) in [6, 6.07) is 0. The number of nitrogens with two attached hydrogens (primary N) is 1. The summed E-state index contributed by atoms with van der Waals surface area (Å²) in [6.07, 6.45) is 2.63. The van der Waals surface area contributed by atoms with Crippen LogP contribution in [0.4, 0.5) is 0 Å². The summed E-state index contributed by atoms with van der Waals surface area (Å²) in [5.41, 5.74) is 2.19. The van der Waals surface area contributed by atoms with Crippen molar-refractivity contribution in [3.05, 3.63) is 0 Å². The predicted octanol–water partition coefficient (Wildman–Crippen LogP) is 0.113. The summed E-state index contributed by atoms with van der Waals surface area (Å²) in [5.74, 6) is 4.93. The SMILES string of the molecule is CCN(CC1CCCO1)CC(C)C(=O)NN. The van der Waals surface area contributed by atoms with E-state index < -0.39 is 0 Å². The maximum Gasteiger partial charge on any atom is 0.237 e. The van der Waals surface area contributed by atoms with Crippen molar-refractivity contribution in [3.8, 4) is 0 Å². The first-order valence-electron chi connectivity index (χ1n) is 6.01. The quantitative estimate of drug-likeness (QED) is 0.385. The molecular weight excluding hydrogens is 206 g/mol. The molecule has 1 heterocycles. The number of carbonyl (C=O) groups is 1. The number of amides is 1. The molecule has 3 N–H and O–H groups in total. The average Bonchev–Trinajstić information content (AvgIpc) is 2.79. The van der Waals surface area contributed by atoms with Crippen molar-refractivity contribution in [2.45, 2.75) is 32.8 Å². The fourth-order valence-electron chi connectivity index (χ4n) is 2.02. The van der Waals surface area contributed by atoms with Crippen molar-refractivity contribution < 1.29 is 9.53 Å². The molecule has 1 rings (SSSR count). The standard InChI is InChI=1S/C11H23N3O2/c1-3-14(7-9(2)11(15)13-12)8-10-5-4-6-16-10/h9-10H,3-8,12H2,1-2H3,(H,13,15). The number of hydrogen-bond acceptors (Lipinski definition) is 4. The maximum absolute atomic E-state index is 11.3. The van der Waals surface area contributed by atoms with Crippen LogP contribution >= 0.6 is 0 Å². The van der Waals surface area contributed by atoms with E-state index in [4.69, 9.17) is 10.6 Å². The number of hydrazine groups is 1. The van der Waals surface area contributed by atoms with Crippen LogP contribution in [0.5, 0.6) is 0 Å². The van der Waals surface area contributed by atoms with Gasteiger partial charge in [0.25, 0.3) is 0 Å². The number of carbonyl (C=O) groups excluding carboxylic acids is 1. The third-order valence-corrected chi connectivity index (χ3v) is 3.05. The number of nitrogens with zero attached hydrogens (tertiary/aromatic N) is 1. The highest BCUT2D eigenvalue weighted by Gasteiger charge is 2.21. The van der Waals surface area contributed by atoms with Gasteiger partial charge in [0.05, 0.1) is 6.10 Å². The topological polar surface area (TPSA) is 67.6 Å². The van der Waals surface area contributed by atoms with E-state index in [2.05, 4.69) is 17.2 Å². The Bertz CT molecular complexity index is 217. The number of rotatable bonds is 6. The van der Waals surface area contributed by atoms with Crippen LogP contribution < -0.4 is 11.3 Å². The third-order valence-electron chi connectivity index (χ3n) is 3.05. The first-order chi connectivity index (χ1) is 7.67. The van der Waals surface area contributed by atoms with Gasteiger partial charge in [0, 0.05) is 25.6 Å². The van der Waals surface area contributed by atoms with Crippen molar-refractivity contribution >= 4 is 5.91 Å². The fourth-order valence-corrected chi connectivity index (χ4v) is 2.02. The molecule has 5 nitrogen and oxygen atoms in total. The molecule has 1 fully saturated rings. The van der Waals surface area contributed by atoms with E-state index in [9.17, 15) is 4.79 Å². The number of ether oxygens (including phenoxy) is 1. The second-order valence-corrected chi connectivity index (χ2v) is 4.40. The van der Waals surface area contributed by atoms with Crippen LogP contribution in [0.3, 0.4) is 0 Å². The Morgan fingerprint density at radius 2 is 2.44 bits per heavy atom. The number of likely N-dealkylation sites (N-methyl/N-ethyl adjacent to an activating group) is 1. The molecule has 0 radical (unpaired) electrons. The van der Waals surface area contributed by atoms with Crippen LogP contribution in [-0.4, -0.2) is 43.2 Å². The zero-order valence-corrected chi connectivity index (χ0v) is 10.2. The smallest absolute Gasteiger partial charge is 0.237 e. The molecule has 5 heteroatoms. The molecule has 1 aliphatic heterocycles. The van der Waals surface area contributed by atoms with Crippen molar-refractivity contribution in [2.24, 2.45) is 11.8 Å². The van der Waals surface area contributed by atoms with Gasteiger partial charge in [-0.2, -0.15) is 0 Å². The molecule has 0 aromatic rings. The van der Waals surface area contributed by atoms with Gasteiger partial charge in [-0.15, -0.1) is 0 Å². The van der Waals surface area contributed by atoms with E-state index in [1.165, 1.54) is 0 Å². The molecule has 0 aliphatic carbocycles. The highest BCUT2D eigenvalue weighted by atomic mass is 16.5. The van der Waals surface area contributed by atoms with E-state index in [0.29, 0.717) is 6.10 Å². The Hall–Kier alpha value is -0.650. The Balaban J connectivity index is 2.32. The van der Waals surface area contributed by atoms with Gasteiger partial charge in [0.1, 0.15) is 0 Å². The molecule has 2 atom stereocenters. The molecule has 0 saturated carbocycles. The molecule has 0 bridgehead atoms. The first kappa shape index (κ1) is 13.4. The minimum absolute atomic E-state index is 0.0775. The Labute approximate surface area is 97.3 Å². The van der Waals surface area contributed by atoms with Crippen LogP contribution in [0, 0.1) is 5.92 Å². The zero-order chi connectivity index (χ0) is 12.0. The molecule has 1 saturated heterocycles. The molecular formula is C11H23N3O2. The third kappa shape index (κ3) is 4.08. The van der Waals surface area contributed by atoms with Gasteiger partial charge in [0.2, 0.25) is 5.91 Å². The van der Waals surface area contributed by atoms with Gasteiger partial charge in [-0.25, -0.2) is 5.84 Å². The van der Waals surface area contributed by atoms with Crippen molar-refractivity contribution in [1.82, 2.24) is 10.3 Å². The van der Waals surface area contributed by atoms with Gasteiger partial charge < -0.3 is 9.64 Å². The zero-order valence-electron chi connectivity index (χ0n) is 10.2. The summed E-state index contributed by atoms with van der Waals surface area (Å²) >= 11 is 0. The Morgan fingerprint density at radius 3 is 2.94 bits per heavy atom. The average molecular weight is 229 g/mol. The van der Waals surface area contributed by atoms with E-state index in [1.54, 1.807) is 0 Å². The van der Waals surface area contributed by atoms with E-state index in [1.807, 2.05) is 6.92 Å². The van der Waals surface area contributed by atoms with Crippen LogP contribution in [-0.2, 0) is 9.53 Å². The maximum atomic E-state index is 11.3. The molecule has 0 aromatic carbocycles. The largest absolute Gasteiger partial charge is 0.377 e. The van der Waals surface area contributed by atoms with Crippen LogP contribution in [0.25, 0.3) is 0 Å². The minimum atomic E-state index is -0.106. The van der Waals surface area contributed by atoms with Gasteiger partial charge in [-0.3, -0.25) is 10.2 Å². The summed E-state index contributed by atoms with van der Waals surface area (Å²) in [7, 11) is 0. The van der Waals surface area contributed by atoms with Crippen LogP contribution in [0.15, 0.2) is 0 Å². The fraction of sp³-hybridized carbons (Fsp3) is 0.909. The highest BCUT2D eigenvalue weighted by Crippen LogP contribution is 2.14. The molecule has 1 aliphatic rings. The molecule has 2 unspecified atom stereocenters. The molecule has 1 amide bonds. The predicted molar refractivity (Wildman–Crippen MR) is 62.6 cm³/mol. The van der Waals surface area contributed by atoms with Crippen molar-refractivity contribution in [2.75, 3.05) is 26.2 Å². The first-order valence-corrected chi connectivity index (χ1v) is 6.01. The lowest BCUT2D eigenvalue weighted by Crippen LogP contribution is -2.42. The van der Waals surface area contributed by atoms with Gasteiger partial charge in [-0.05, 0) is 19.4 Å². The van der Waals surface area contributed by atoms with Crippen LogP contribution in [0.1, 0.15) is 26.7 Å².